The Hall–Kier alpha value is -0.610. The number of hydrogen-bond acceptors (Lipinski definition) is 3. The van der Waals surface area contributed by atoms with E-state index in [0.717, 1.165) is 6.42 Å². The maximum atomic E-state index is 11.5. The summed E-state index contributed by atoms with van der Waals surface area (Å²) in [7, 11) is 0. The molecule has 1 aliphatic rings. The van der Waals surface area contributed by atoms with Gasteiger partial charge in [0.2, 0.25) is 5.91 Å². The molecule has 1 amide bonds. The summed E-state index contributed by atoms with van der Waals surface area (Å²) in [6, 6.07) is 0. The van der Waals surface area contributed by atoms with E-state index >= 15 is 0 Å². The Balaban J connectivity index is 2.27. The lowest BCUT2D eigenvalue weighted by molar-refractivity contribution is -0.126. The first-order chi connectivity index (χ1) is 6.55. The maximum Gasteiger partial charge on any atom is 0.225 e. The minimum absolute atomic E-state index is 0.00350. The van der Waals surface area contributed by atoms with Gasteiger partial charge < -0.3 is 15.2 Å². The van der Waals surface area contributed by atoms with Gasteiger partial charge >= 0.3 is 0 Å². The molecular weight excluding hydrogens is 182 g/mol. The molecule has 0 aromatic rings. The summed E-state index contributed by atoms with van der Waals surface area (Å²) in [5, 5.41) is 12.4. The average Bonchev–Trinajstić information content (AvgIpc) is 2.67. The van der Waals surface area contributed by atoms with Crippen molar-refractivity contribution >= 4 is 5.91 Å². The highest BCUT2D eigenvalue weighted by Gasteiger charge is 2.25. The molecule has 1 rings (SSSR count). The number of hydrogen-bond donors (Lipinski definition) is 2. The van der Waals surface area contributed by atoms with Crippen LogP contribution in [0.5, 0.6) is 0 Å². The molecule has 14 heavy (non-hydrogen) atoms. The molecule has 0 saturated carbocycles. The number of carbonyl (C=O) groups is 1. The number of aliphatic hydroxyl groups is 1. The molecule has 1 fully saturated rings. The molecule has 2 atom stereocenters. The Morgan fingerprint density at radius 1 is 1.71 bits per heavy atom. The van der Waals surface area contributed by atoms with E-state index < -0.39 is 5.60 Å². The fourth-order valence-electron chi connectivity index (χ4n) is 1.29. The second-order valence-corrected chi connectivity index (χ2v) is 4.13. The molecule has 0 bridgehead atoms. The zero-order valence-corrected chi connectivity index (χ0v) is 8.88. The van der Waals surface area contributed by atoms with E-state index in [2.05, 4.69) is 5.32 Å². The van der Waals surface area contributed by atoms with Crippen LogP contribution in [-0.4, -0.2) is 36.4 Å². The monoisotopic (exact) mass is 201 g/mol. The third kappa shape index (κ3) is 3.27. The molecule has 1 heterocycles. The van der Waals surface area contributed by atoms with Gasteiger partial charge in [-0.25, -0.2) is 0 Å². The molecule has 4 nitrogen and oxygen atoms in total. The largest absolute Gasteiger partial charge is 0.388 e. The van der Waals surface area contributed by atoms with Crippen LogP contribution in [-0.2, 0) is 9.53 Å². The van der Waals surface area contributed by atoms with Gasteiger partial charge in [-0.15, -0.1) is 0 Å². The lowest BCUT2D eigenvalue weighted by Gasteiger charge is -2.22. The van der Waals surface area contributed by atoms with Crippen molar-refractivity contribution in [2.75, 3.05) is 19.8 Å². The summed E-state index contributed by atoms with van der Waals surface area (Å²) >= 11 is 0. The van der Waals surface area contributed by atoms with Gasteiger partial charge in [-0.1, -0.05) is 6.92 Å². The Morgan fingerprint density at radius 3 is 2.93 bits per heavy atom. The molecule has 2 N–H and O–H groups in total. The van der Waals surface area contributed by atoms with Crippen molar-refractivity contribution in [3.8, 4) is 0 Å². The predicted octanol–water partition coefficient (Wildman–Crippen LogP) is 0.300. The Labute approximate surface area is 84.6 Å². The van der Waals surface area contributed by atoms with Crippen molar-refractivity contribution in [1.82, 2.24) is 5.32 Å². The Kier molecular flexibility index (Phi) is 3.89. The van der Waals surface area contributed by atoms with Gasteiger partial charge in [0.1, 0.15) is 0 Å². The van der Waals surface area contributed by atoms with Crippen molar-refractivity contribution in [3.05, 3.63) is 0 Å². The van der Waals surface area contributed by atoms with Crippen molar-refractivity contribution in [2.24, 2.45) is 5.92 Å². The third-order valence-corrected chi connectivity index (χ3v) is 2.71. The summed E-state index contributed by atoms with van der Waals surface area (Å²) in [5.74, 6) is -0.0288. The molecule has 4 heteroatoms. The fraction of sp³-hybridized carbons (Fsp3) is 0.900. The average molecular weight is 201 g/mol. The van der Waals surface area contributed by atoms with Crippen LogP contribution in [0.15, 0.2) is 0 Å². The van der Waals surface area contributed by atoms with Crippen LogP contribution in [0.2, 0.25) is 0 Å². The van der Waals surface area contributed by atoms with Crippen molar-refractivity contribution in [2.45, 2.75) is 32.3 Å². The number of nitrogens with one attached hydrogen (secondary N) is 1. The van der Waals surface area contributed by atoms with E-state index in [1.165, 1.54) is 0 Å². The molecule has 2 unspecified atom stereocenters. The first-order valence-electron chi connectivity index (χ1n) is 5.13. The highest BCUT2D eigenvalue weighted by Crippen LogP contribution is 2.13. The van der Waals surface area contributed by atoms with Gasteiger partial charge in [0, 0.05) is 13.2 Å². The minimum atomic E-state index is -0.797. The van der Waals surface area contributed by atoms with E-state index in [0.29, 0.717) is 26.2 Å². The highest BCUT2D eigenvalue weighted by molar-refractivity contribution is 5.79. The zero-order valence-electron chi connectivity index (χ0n) is 8.88. The van der Waals surface area contributed by atoms with Crippen molar-refractivity contribution in [3.63, 3.8) is 0 Å². The second kappa shape index (κ2) is 4.75. The van der Waals surface area contributed by atoms with Crippen LogP contribution < -0.4 is 5.32 Å². The lowest BCUT2D eigenvalue weighted by atomic mass is 10.0. The molecule has 1 saturated heterocycles. The maximum absolute atomic E-state index is 11.5. The van der Waals surface area contributed by atoms with E-state index in [1.54, 1.807) is 6.92 Å². The van der Waals surface area contributed by atoms with Crippen LogP contribution in [0, 0.1) is 5.92 Å². The number of ether oxygens (including phenoxy) is 1. The highest BCUT2D eigenvalue weighted by atomic mass is 16.5. The minimum Gasteiger partial charge on any atom is -0.388 e. The third-order valence-electron chi connectivity index (χ3n) is 2.71. The normalized spacial score (nSPS) is 25.8. The van der Waals surface area contributed by atoms with Crippen LogP contribution in [0.4, 0.5) is 0 Å². The molecule has 0 aromatic carbocycles. The molecule has 0 radical (unpaired) electrons. The summed E-state index contributed by atoms with van der Waals surface area (Å²) in [6.45, 7) is 5.12. The van der Waals surface area contributed by atoms with Gasteiger partial charge in [0.15, 0.2) is 0 Å². The van der Waals surface area contributed by atoms with Crippen LogP contribution in [0.25, 0.3) is 0 Å². The molecule has 0 spiro atoms. The van der Waals surface area contributed by atoms with Crippen molar-refractivity contribution < 1.29 is 14.6 Å². The van der Waals surface area contributed by atoms with Gasteiger partial charge in [-0.2, -0.15) is 0 Å². The molecular formula is C10H19NO3. The fourth-order valence-corrected chi connectivity index (χ4v) is 1.29. The standard InChI is InChI=1S/C10H19NO3/c1-3-10(2,13)7-11-9(12)8-4-5-14-6-8/h8,13H,3-7H2,1-2H3,(H,11,12). The van der Waals surface area contributed by atoms with Crippen LogP contribution in [0.1, 0.15) is 26.7 Å². The topological polar surface area (TPSA) is 58.6 Å². The van der Waals surface area contributed by atoms with Crippen molar-refractivity contribution in [1.29, 1.82) is 0 Å². The number of rotatable bonds is 4. The molecule has 0 aromatic heterocycles. The number of carbonyl (C=O) groups excluding carboxylic acids is 1. The summed E-state index contributed by atoms with van der Waals surface area (Å²) in [6.07, 6.45) is 1.43. The van der Waals surface area contributed by atoms with E-state index in [1.807, 2.05) is 6.92 Å². The van der Waals surface area contributed by atoms with Gasteiger partial charge in [0.25, 0.3) is 0 Å². The SMILES string of the molecule is CCC(C)(O)CNC(=O)C1CCOC1. The predicted molar refractivity (Wildman–Crippen MR) is 52.9 cm³/mol. The van der Waals surface area contributed by atoms with Gasteiger partial charge in [0.05, 0.1) is 18.1 Å². The van der Waals surface area contributed by atoms with E-state index in [4.69, 9.17) is 4.74 Å². The molecule has 1 aliphatic heterocycles. The Morgan fingerprint density at radius 2 is 2.43 bits per heavy atom. The second-order valence-electron chi connectivity index (χ2n) is 4.13. The Bertz CT molecular complexity index is 198. The number of amides is 1. The first-order valence-corrected chi connectivity index (χ1v) is 5.13. The van der Waals surface area contributed by atoms with Gasteiger partial charge in [-0.05, 0) is 19.8 Å². The van der Waals surface area contributed by atoms with E-state index in [9.17, 15) is 9.90 Å². The molecule has 82 valence electrons. The zero-order chi connectivity index (χ0) is 10.6. The lowest BCUT2D eigenvalue weighted by Crippen LogP contribution is -2.42. The summed E-state index contributed by atoms with van der Waals surface area (Å²) < 4.78 is 5.11. The molecule has 0 aliphatic carbocycles. The van der Waals surface area contributed by atoms with E-state index in [-0.39, 0.29) is 11.8 Å². The summed E-state index contributed by atoms with van der Waals surface area (Å²) in [4.78, 5) is 11.5. The smallest absolute Gasteiger partial charge is 0.225 e. The quantitative estimate of drug-likeness (QED) is 0.687. The summed E-state index contributed by atoms with van der Waals surface area (Å²) in [5.41, 5.74) is -0.797. The van der Waals surface area contributed by atoms with Crippen LogP contribution in [0.3, 0.4) is 0 Å². The van der Waals surface area contributed by atoms with Crippen LogP contribution >= 0.6 is 0 Å². The van der Waals surface area contributed by atoms with Gasteiger partial charge in [-0.3, -0.25) is 4.79 Å². The first kappa shape index (κ1) is 11.5.